The van der Waals surface area contributed by atoms with E-state index in [4.69, 9.17) is 16.3 Å². The third kappa shape index (κ3) is 10.6. The molecule has 3 aromatic rings. The number of hydrogen-bond acceptors (Lipinski definition) is 10. The summed E-state index contributed by atoms with van der Waals surface area (Å²) in [6.07, 6.45) is 17.9. The molecule has 2 N–H and O–H groups in total. The molecule has 5 rings (SSSR count). The molecule has 1 aliphatic heterocycles. The first kappa shape index (κ1) is 32.3. The van der Waals surface area contributed by atoms with E-state index >= 15 is 0 Å². The average molecular weight is 594 g/mol. The maximum absolute atomic E-state index is 14.2. The molecule has 1 saturated heterocycles. The van der Waals surface area contributed by atoms with E-state index in [0.29, 0.717) is 32.0 Å². The molecule has 0 saturated carbocycles. The van der Waals surface area contributed by atoms with E-state index in [0.717, 1.165) is 47.4 Å². The van der Waals surface area contributed by atoms with Crippen molar-refractivity contribution in [2.24, 2.45) is 5.10 Å². The van der Waals surface area contributed by atoms with Crippen LogP contribution in [0.1, 0.15) is 44.5 Å². The normalized spacial score (nSPS) is 15.0. The van der Waals surface area contributed by atoms with Gasteiger partial charge >= 0.3 is 0 Å². The van der Waals surface area contributed by atoms with Crippen molar-refractivity contribution in [2.75, 3.05) is 49.0 Å². The average Bonchev–Trinajstić information content (AvgIpc) is 3.24. The van der Waals surface area contributed by atoms with Gasteiger partial charge in [-0.2, -0.15) is 10.1 Å². The molecule has 42 heavy (non-hydrogen) atoms. The Morgan fingerprint density at radius 3 is 2.50 bits per heavy atom. The lowest BCUT2D eigenvalue weighted by atomic mass is 10.1. The predicted octanol–water partition coefficient (Wildman–Crippen LogP) is 6.08. The fourth-order valence-corrected chi connectivity index (χ4v) is 4.06. The van der Waals surface area contributed by atoms with E-state index in [-0.39, 0.29) is 11.8 Å². The van der Waals surface area contributed by atoms with Crippen molar-refractivity contribution in [2.45, 2.75) is 33.1 Å². The third-order valence-electron chi connectivity index (χ3n) is 5.85. The lowest BCUT2D eigenvalue weighted by molar-refractivity contribution is 0.124. The summed E-state index contributed by atoms with van der Waals surface area (Å²) in [5, 5.41) is 7.89. The molecule has 222 valence electrons. The zero-order valence-corrected chi connectivity index (χ0v) is 24.9. The van der Waals surface area contributed by atoms with Crippen molar-refractivity contribution in [3.63, 3.8) is 0 Å². The highest BCUT2D eigenvalue weighted by Crippen LogP contribution is 2.24. The highest BCUT2D eigenvalue weighted by Gasteiger charge is 2.16. The summed E-state index contributed by atoms with van der Waals surface area (Å²) >= 11 is 5.99. The minimum absolute atomic E-state index is 0.239. The molecular weight excluding hydrogens is 557 g/mol. The fraction of sp³-hybridized carbons (Fsp3) is 0.333. The summed E-state index contributed by atoms with van der Waals surface area (Å²) in [5.74, 6) is 0.0873. The van der Waals surface area contributed by atoms with Crippen molar-refractivity contribution in [1.29, 1.82) is 0 Å². The second-order valence-electron chi connectivity index (χ2n) is 8.73. The van der Waals surface area contributed by atoms with Gasteiger partial charge in [-0.15, -0.1) is 0 Å². The topological polar surface area (TPSA) is 113 Å². The lowest BCUT2D eigenvalue weighted by Crippen LogP contribution is -2.31. The maximum atomic E-state index is 14.2. The number of pyridine rings is 1. The SMILES string of the molecule is CC.CNc1ccc(/C=N/Nc2ncc(F)c(N3CCCOCCC3)n2)nc1.ClC1=CC=CC=C(c2ccncn2)C1. The number of nitrogens with zero attached hydrogens (tertiary/aromatic N) is 7. The molecule has 3 aromatic heterocycles. The van der Waals surface area contributed by atoms with Crippen LogP contribution in [0.25, 0.3) is 5.57 Å². The summed E-state index contributed by atoms with van der Waals surface area (Å²) in [7, 11) is 1.83. The zero-order valence-electron chi connectivity index (χ0n) is 24.2. The third-order valence-corrected chi connectivity index (χ3v) is 6.11. The van der Waals surface area contributed by atoms with Gasteiger partial charge in [-0.05, 0) is 42.7 Å². The van der Waals surface area contributed by atoms with Gasteiger partial charge in [0.15, 0.2) is 11.6 Å². The molecule has 0 spiro atoms. The smallest absolute Gasteiger partial charge is 0.245 e. The highest BCUT2D eigenvalue weighted by molar-refractivity contribution is 6.30. The number of rotatable bonds is 6. The Balaban J connectivity index is 0.000000254. The van der Waals surface area contributed by atoms with Crippen LogP contribution in [-0.2, 0) is 4.74 Å². The van der Waals surface area contributed by atoms with Gasteiger partial charge < -0.3 is 15.0 Å². The predicted molar refractivity (Wildman–Crippen MR) is 168 cm³/mol. The molecule has 12 heteroatoms. The van der Waals surface area contributed by atoms with E-state index in [1.54, 1.807) is 24.9 Å². The standard InChI is InChI=1S/C17H22FN7O.C11H9ClN2.C2H6/c1-19-13-4-5-14(20-10-13)11-22-24-17-21-12-15(18)16(23-17)25-6-2-8-26-9-3-7-25;12-10-4-2-1-3-9(7-10)11-5-6-13-8-14-11;1-2/h4-5,10-12,19H,2-3,6-9H2,1H3,(H,21,23,24);1-6,8H,7H2;1-2H3/b22-11+;;. The number of halogens is 2. The molecule has 0 bridgehead atoms. The Morgan fingerprint density at radius 1 is 1.02 bits per heavy atom. The van der Waals surface area contributed by atoms with E-state index in [1.165, 1.54) is 0 Å². The monoisotopic (exact) mass is 593 g/mol. The van der Waals surface area contributed by atoms with E-state index in [1.807, 2.05) is 68.3 Å². The van der Waals surface area contributed by atoms with Crippen LogP contribution in [0, 0.1) is 5.82 Å². The molecule has 10 nitrogen and oxygen atoms in total. The molecule has 1 fully saturated rings. The second kappa shape index (κ2) is 18.3. The lowest BCUT2D eigenvalue weighted by Gasteiger charge is -2.26. The van der Waals surface area contributed by atoms with Crippen molar-refractivity contribution in [1.82, 2.24) is 24.9 Å². The maximum Gasteiger partial charge on any atom is 0.245 e. The summed E-state index contributed by atoms with van der Waals surface area (Å²) in [6.45, 7) is 6.74. The highest BCUT2D eigenvalue weighted by atomic mass is 35.5. The molecule has 1 aliphatic carbocycles. The molecule has 0 aromatic carbocycles. The van der Waals surface area contributed by atoms with Gasteiger partial charge in [0.05, 0.1) is 35.7 Å². The van der Waals surface area contributed by atoms with E-state index in [2.05, 4.69) is 40.8 Å². The quantitative estimate of drug-likeness (QED) is 0.259. The van der Waals surface area contributed by atoms with Gasteiger partial charge in [0.1, 0.15) is 6.33 Å². The van der Waals surface area contributed by atoms with Crippen molar-refractivity contribution >= 4 is 40.8 Å². The number of hydrogen-bond donors (Lipinski definition) is 2. The number of anilines is 3. The molecule has 4 heterocycles. The molecule has 0 amide bonds. The minimum Gasteiger partial charge on any atom is -0.387 e. The first-order valence-electron chi connectivity index (χ1n) is 13.9. The van der Waals surface area contributed by atoms with Gasteiger partial charge in [-0.1, -0.05) is 43.7 Å². The van der Waals surface area contributed by atoms with Crippen LogP contribution in [0.15, 0.2) is 77.6 Å². The van der Waals surface area contributed by atoms with Gasteiger partial charge in [0, 0.05) is 51.0 Å². The van der Waals surface area contributed by atoms with Crippen molar-refractivity contribution < 1.29 is 9.13 Å². The van der Waals surface area contributed by atoms with E-state index < -0.39 is 5.82 Å². The Labute approximate surface area is 251 Å². The Morgan fingerprint density at radius 2 is 1.81 bits per heavy atom. The van der Waals surface area contributed by atoms with Gasteiger partial charge in [-0.25, -0.2) is 24.8 Å². The summed E-state index contributed by atoms with van der Waals surface area (Å²) in [5.41, 5.74) is 6.37. The Hall–Kier alpha value is -4.22. The van der Waals surface area contributed by atoms with Crippen LogP contribution >= 0.6 is 11.6 Å². The fourth-order valence-electron chi connectivity index (χ4n) is 3.85. The summed E-state index contributed by atoms with van der Waals surface area (Å²) < 4.78 is 19.6. The van der Waals surface area contributed by atoms with Crippen LogP contribution in [0.5, 0.6) is 0 Å². The van der Waals surface area contributed by atoms with Crippen LogP contribution in [-0.4, -0.2) is 64.5 Å². The van der Waals surface area contributed by atoms with Crippen LogP contribution < -0.4 is 15.6 Å². The number of allylic oxidation sites excluding steroid dienone is 6. The molecule has 2 aliphatic rings. The minimum atomic E-state index is -0.439. The van der Waals surface area contributed by atoms with Crippen LogP contribution in [0.2, 0.25) is 0 Å². The zero-order chi connectivity index (χ0) is 30.0. The molecule has 0 radical (unpaired) electrons. The van der Waals surface area contributed by atoms with Gasteiger partial charge in [0.2, 0.25) is 5.95 Å². The van der Waals surface area contributed by atoms with Crippen molar-refractivity contribution in [3.05, 3.63) is 89.7 Å². The van der Waals surface area contributed by atoms with Crippen LogP contribution in [0.3, 0.4) is 0 Å². The summed E-state index contributed by atoms with van der Waals surface area (Å²) in [6, 6.07) is 5.61. The number of nitrogens with one attached hydrogen (secondary N) is 2. The van der Waals surface area contributed by atoms with Crippen molar-refractivity contribution in [3.8, 4) is 0 Å². The second-order valence-corrected chi connectivity index (χ2v) is 9.21. The number of ether oxygens (including phenoxy) is 1. The molecular formula is C30H37ClFN9O. The summed E-state index contributed by atoms with van der Waals surface area (Å²) in [4.78, 5) is 22.4. The number of aromatic nitrogens is 5. The van der Waals surface area contributed by atoms with Gasteiger partial charge in [-0.3, -0.25) is 4.98 Å². The van der Waals surface area contributed by atoms with Crippen LogP contribution in [0.4, 0.5) is 21.8 Å². The molecule has 0 unspecified atom stereocenters. The Kier molecular flexibility index (Phi) is 14.0. The first-order valence-corrected chi connectivity index (χ1v) is 14.3. The van der Waals surface area contributed by atoms with E-state index in [9.17, 15) is 4.39 Å². The first-order chi connectivity index (χ1) is 20.6. The largest absolute Gasteiger partial charge is 0.387 e. The van der Waals surface area contributed by atoms with Gasteiger partial charge in [0.25, 0.3) is 0 Å². The Bertz CT molecular complexity index is 1340. The number of hydrazone groups is 1. The molecule has 0 atom stereocenters.